The van der Waals surface area contributed by atoms with Crippen LogP contribution in [0.25, 0.3) is 22.2 Å². The quantitative estimate of drug-likeness (QED) is 0.184. The number of H-pyrrole nitrogens is 1. The second-order valence-electron chi connectivity index (χ2n) is 16.2. The van der Waals surface area contributed by atoms with E-state index in [0.29, 0.717) is 34.1 Å². The maximum Gasteiger partial charge on any atom is 0.262 e. The summed E-state index contributed by atoms with van der Waals surface area (Å²) in [5.74, 6) is 0.140. The van der Waals surface area contributed by atoms with E-state index in [-0.39, 0.29) is 18.7 Å². The number of nitrogens with one attached hydrogen (secondary N) is 3. The number of imide groups is 2. The van der Waals surface area contributed by atoms with Crippen molar-refractivity contribution in [3.8, 4) is 11.3 Å². The molecule has 0 aliphatic carbocycles. The highest BCUT2D eigenvalue weighted by molar-refractivity contribution is 6.33. The number of hydrogen-bond acceptors (Lipinski definition) is 10. The van der Waals surface area contributed by atoms with Crippen LogP contribution >= 0.6 is 11.6 Å². The molecule has 0 bridgehead atoms. The van der Waals surface area contributed by atoms with Crippen molar-refractivity contribution in [2.75, 3.05) is 62.6 Å². The smallest absolute Gasteiger partial charge is 0.262 e. The topological polar surface area (TPSA) is 147 Å². The third-order valence-corrected chi connectivity index (χ3v) is 13.0. The van der Waals surface area contributed by atoms with Gasteiger partial charge in [-0.15, -0.1) is 0 Å². The molecule has 4 aromatic rings. The number of nitrogens with zero attached hydrogens (tertiary/aromatic N) is 6. The lowest BCUT2D eigenvalue weighted by Crippen LogP contribution is -2.54. The first-order chi connectivity index (χ1) is 27.3. The van der Waals surface area contributed by atoms with Crippen LogP contribution in [0.1, 0.15) is 72.1 Å². The lowest BCUT2D eigenvalue weighted by Gasteiger charge is -2.38. The highest BCUT2D eigenvalue weighted by atomic mass is 35.5. The Bertz CT molecular complexity index is 2160. The number of rotatable bonds is 10. The Morgan fingerprint density at radius 2 is 1.59 bits per heavy atom. The van der Waals surface area contributed by atoms with E-state index >= 15 is 0 Å². The van der Waals surface area contributed by atoms with Gasteiger partial charge in [-0.3, -0.25) is 29.4 Å². The molecule has 2 atom stereocenters. The molecule has 2 aromatic carbocycles. The van der Waals surface area contributed by atoms with E-state index in [4.69, 9.17) is 16.6 Å². The number of aromatic amines is 1. The number of hydrogen-bond donors (Lipinski definition) is 3. The molecule has 56 heavy (non-hydrogen) atoms. The molecule has 2 aromatic heterocycles. The molecule has 7 heterocycles. The van der Waals surface area contributed by atoms with Gasteiger partial charge in [0.1, 0.15) is 6.04 Å². The summed E-state index contributed by atoms with van der Waals surface area (Å²) in [6.45, 7) is 8.46. The largest absolute Gasteiger partial charge is 0.371 e. The van der Waals surface area contributed by atoms with Crippen molar-refractivity contribution in [2.24, 2.45) is 11.8 Å². The normalized spacial score (nSPS) is 23.0. The summed E-state index contributed by atoms with van der Waals surface area (Å²) in [5, 5.41) is 7.47. The van der Waals surface area contributed by atoms with Crippen LogP contribution < -0.4 is 15.5 Å². The molecule has 4 amide bonds. The summed E-state index contributed by atoms with van der Waals surface area (Å²) in [7, 11) is 0. The fraction of sp³-hybridized carbons (Fsp3) is 0.476. The maximum absolute atomic E-state index is 13.3. The van der Waals surface area contributed by atoms with Crippen molar-refractivity contribution in [2.45, 2.75) is 63.5 Å². The number of benzene rings is 2. The Morgan fingerprint density at radius 1 is 0.821 bits per heavy atom. The van der Waals surface area contributed by atoms with Gasteiger partial charge in [0.15, 0.2) is 0 Å². The highest BCUT2D eigenvalue weighted by Gasteiger charge is 2.45. The molecule has 4 fully saturated rings. The Kier molecular flexibility index (Phi) is 10.2. The molecular formula is C42H48ClN9O4. The second-order valence-corrected chi connectivity index (χ2v) is 16.6. The predicted octanol–water partition coefficient (Wildman–Crippen LogP) is 5.18. The van der Waals surface area contributed by atoms with Gasteiger partial charge >= 0.3 is 0 Å². The van der Waals surface area contributed by atoms with E-state index in [1.54, 1.807) is 18.3 Å². The van der Waals surface area contributed by atoms with E-state index < -0.39 is 23.8 Å². The van der Waals surface area contributed by atoms with Gasteiger partial charge in [-0.2, -0.15) is 0 Å². The Labute approximate surface area is 331 Å². The van der Waals surface area contributed by atoms with Gasteiger partial charge in [0.25, 0.3) is 11.8 Å². The Hall–Kier alpha value is -4.85. The van der Waals surface area contributed by atoms with Crippen molar-refractivity contribution >= 4 is 57.8 Å². The first-order valence-electron chi connectivity index (χ1n) is 20.2. The fourth-order valence-corrected chi connectivity index (χ4v) is 9.64. The molecule has 5 aliphatic heterocycles. The standard InChI is InChI=1S/C42H48ClN9O4/c43-34-23-45-42(48-38(34)33-22-44-35-4-2-1-3-30(33)35)46-28-14-18-50(25-28)17-11-26-9-15-49(16-10-26)24-27-12-19-51(20-13-27)29-5-6-31-32(21-29)41(56)52(40(31)55)36-7-8-37(53)47-39(36)54/h1-6,21-23,26-28,36,44H,7-20,24-25H2,(H,45,46,48)(H,47,53,54)/t28-,36?/m1/s1. The predicted molar refractivity (Wildman–Crippen MR) is 215 cm³/mol. The van der Waals surface area contributed by atoms with Crippen LogP contribution in [0, 0.1) is 11.8 Å². The van der Waals surface area contributed by atoms with Gasteiger partial charge in [0.2, 0.25) is 17.8 Å². The van der Waals surface area contributed by atoms with Gasteiger partial charge in [0.05, 0.1) is 28.0 Å². The minimum absolute atomic E-state index is 0.110. The van der Waals surface area contributed by atoms with Gasteiger partial charge in [0, 0.05) is 73.5 Å². The number of carbonyl (C=O) groups is 4. The van der Waals surface area contributed by atoms with Crippen molar-refractivity contribution in [1.82, 2.24) is 35.0 Å². The average Bonchev–Trinajstić information content (AvgIpc) is 3.92. The van der Waals surface area contributed by atoms with Crippen molar-refractivity contribution in [3.05, 3.63) is 71.0 Å². The number of piperidine rings is 3. The van der Waals surface area contributed by atoms with Crippen LogP contribution in [-0.4, -0.2) is 118 Å². The van der Waals surface area contributed by atoms with Crippen LogP contribution in [0.15, 0.2) is 54.9 Å². The molecule has 292 valence electrons. The number of halogens is 1. The molecule has 5 aliphatic rings. The van der Waals surface area contributed by atoms with Crippen LogP contribution in [0.4, 0.5) is 11.6 Å². The number of anilines is 2. The lowest BCUT2D eigenvalue weighted by atomic mass is 9.91. The summed E-state index contributed by atoms with van der Waals surface area (Å²) in [6.07, 6.45) is 10.9. The molecule has 0 spiro atoms. The van der Waals surface area contributed by atoms with E-state index in [1.165, 1.54) is 19.3 Å². The third kappa shape index (κ3) is 7.39. The van der Waals surface area contributed by atoms with Crippen molar-refractivity contribution in [3.63, 3.8) is 0 Å². The summed E-state index contributed by atoms with van der Waals surface area (Å²) < 4.78 is 0. The summed E-state index contributed by atoms with van der Waals surface area (Å²) in [6, 6.07) is 13.0. The van der Waals surface area contributed by atoms with Crippen molar-refractivity contribution < 1.29 is 19.2 Å². The average molecular weight is 778 g/mol. The van der Waals surface area contributed by atoms with E-state index in [0.717, 1.165) is 110 Å². The summed E-state index contributed by atoms with van der Waals surface area (Å²) in [5.41, 5.74) is 4.37. The molecule has 0 radical (unpaired) electrons. The number of carbonyl (C=O) groups excluding carboxylic acids is 4. The fourth-order valence-electron chi connectivity index (χ4n) is 9.45. The molecule has 4 saturated heterocycles. The van der Waals surface area contributed by atoms with Crippen LogP contribution in [0.2, 0.25) is 5.02 Å². The molecule has 9 rings (SSSR count). The Morgan fingerprint density at radius 3 is 2.41 bits per heavy atom. The minimum Gasteiger partial charge on any atom is -0.371 e. The minimum atomic E-state index is -0.950. The van der Waals surface area contributed by atoms with Gasteiger partial charge in [-0.05, 0) is 101 Å². The van der Waals surface area contributed by atoms with Gasteiger partial charge in [-0.25, -0.2) is 9.97 Å². The third-order valence-electron chi connectivity index (χ3n) is 12.7. The van der Waals surface area contributed by atoms with Gasteiger partial charge in [-0.1, -0.05) is 29.8 Å². The zero-order valence-corrected chi connectivity index (χ0v) is 32.3. The molecule has 3 N–H and O–H groups in total. The molecule has 1 unspecified atom stereocenters. The highest BCUT2D eigenvalue weighted by Crippen LogP contribution is 2.34. The SMILES string of the molecule is O=C1CCC(N2C(=O)c3ccc(N4CCC(CN5CCC(CCN6CC[C@@H](Nc7ncc(Cl)c(-c8c[nH]c9ccccc89)n7)C6)CC5)CC4)cc3C2=O)C(=O)N1. The van der Waals surface area contributed by atoms with E-state index in [9.17, 15) is 19.2 Å². The zero-order valence-electron chi connectivity index (χ0n) is 31.5. The van der Waals surface area contributed by atoms with Crippen LogP contribution in [0.3, 0.4) is 0 Å². The summed E-state index contributed by atoms with van der Waals surface area (Å²) in [4.78, 5) is 71.7. The molecule has 14 heteroatoms. The molecular weight excluding hydrogens is 730 g/mol. The van der Waals surface area contributed by atoms with Gasteiger partial charge < -0.3 is 25.0 Å². The number of aromatic nitrogens is 3. The first-order valence-corrected chi connectivity index (χ1v) is 20.6. The van der Waals surface area contributed by atoms with Crippen LogP contribution in [0.5, 0.6) is 0 Å². The second kappa shape index (κ2) is 15.6. The molecule has 0 saturated carbocycles. The van der Waals surface area contributed by atoms with E-state index in [1.807, 2.05) is 24.4 Å². The maximum atomic E-state index is 13.3. The molecule has 13 nitrogen and oxygen atoms in total. The first kappa shape index (κ1) is 36.8. The monoisotopic (exact) mass is 777 g/mol. The summed E-state index contributed by atoms with van der Waals surface area (Å²) >= 11 is 6.56. The number of amides is 4. The van der Waals surface area contributed by atoms with E-state index in [2.05, 4.69) is 47.4 Å². The van der Waals surface area contributed by atoms with Crippen LogP contribution in [-0.2, 0) is 9.59 Å². The Balaban J connectivity index is 0.698. The lowest BCUT2D eigenvalue weighted by molar-refractivity contribution is -0.136. The zero-order chi connectivity index (χ0) is 38.3. The van der Waals surface area contributed by atoms with Crippen molar-refractivity contribution in [1.29, 1.82) is 0 Å². The number of fused-ring (bicyclic) bond motifs is 2. The number of likely N-dealkylation sites (tertiary alicyclic amines) is 2. The number of para-hydroxylation sites is 1.